The number of benzene rings is 1. The molecule has 0 fully saturated rings. The van der Waals surface area contributed by atoms with Gasteiger partial charge in [-0.05, 0) is 24.9 Å². The molecule has 90 valence electrons. The number of nitrogens with two attached hydrogens (primary N) is 1. The molecule has 1 aromatic heterocycles. The van der Waals surface area contributed by atoms with Crippen molar-refractivity contribution in [1.82, 2.24) is 9.55 Å². The molecule has 2 aromatic rings. The minimum atomic E-state index is 0.648. The SMILES string of the molecule is CSc1ccc(-c2ncn(C)c2CCN)cc1. The van der Waals surface area contributed by atoms with E-state index >= 15 is 0 Å². The molecule has 0 amide bonds. The molecular weight excluding hydrogens is 230 g/mol. The summed E-state index contributed by atoms with van der Waals surface area (Å²) in [6.45, 7) is 0.648. The van der Waals surface area contributed by atoms with E-state index in [0.717, 1.165) is 17.7 Å². The Morgan fingerprint density at radius 2 is 2.00 bits per heavy atom. The van der Waals surface area contributed by atoms with Crippen molar-refractivity contribution < 1.29 is 0 Å². The van der Waals surface area contributed by atoms with Crippen LogP contribution < -0.4 is 5.73 Å². The van der Waals surface area contributed by atoms with E-state index in [1.165, 1.54) is 10.6 Å². The number of nitrogens with zero attached hydrogens (tertiary/aromatic N) is 2. The van der Waals surface area contributed by atoms with Crippen LogP contribution in [-0.4, -0.2) is 22.4 Å². The highest BCUT2D eigenvalue weighted by molar-refractivity contribution is 7.98. The Morgan fingerprint density at radius 1 is 1.29 bits per heavy atom. The number of rotatable bonds is 4. The molecular formula is C13H17N3S. The van der Waals surface area contributed by atoms with Gasteiger partial charge >= 0.3 is 0 Å². The van der Waals surface area contributed by atoms with Crippen LogP contribution >= 0.6 is 11.8 Å². The maximum absolute atomic E-state index is 5.64. The lowest BCUT2D eigenvalue weighted by Crippen LogP contribution is -2.07. The maximum atomic E-state index is 5.64. The zero-order valence-corrected chi connectivity index (χ0v) is 11.0. The first-order chi connectivity index (χ1) is 8.26. The summed E-state index contributed by atoms with van der Waals surface area (Å²) in [5.41, 5.74) is 9.04. The molecule has 0 aliphatic heterocycles. The van der Waals surface area contributed by atoms with Gasteiger partial charge in [-0.2, -0.15) is 0 Å². The minimum Gasteiger partial charge on any atom is -0.337 e. The summed E-state index contributed by atoms with van der Waals surface area (Å²) in [5, 5.41) is 0. The van der Waals surface area contributed by atoms with Crippen LogP contribution in [0.5, 0.6) is 0 Å². The van der Waals surface area contributed by atoms with Gasteiger partial charge in [0.2, 0.25) is 0 Å². The summed E-state index contributed by atoms with van der Waals surface area (Å²) in [7, 11) is 2.01. The quantitative estimate of drug-likeness (QED) is 0.843. The second kappa shape index (κ2) is 5.38. The molecule has 2 N–H and O–H groups in total. The smallest absolute Gasteiger partial charge is 0.0953 e. The highest BCUT2D eigenvalue weighted by Crippen LogP contribution is 2.24. The number of aromatic nitrogens is 2. The summed E-state index contributed by atoms with van der Waals surface area (Å²) in [4.78, 5) is 5.73. The summed E-state index contributed by atoms with van der Waals surface area (Å²) < 4.78 is 2.05. The van der Waals surface area contributed by atoms with Crippen LogP contribution in [0, 0.1) is 0 Å². The second-order valence-corrected chi connectivity index (χ2v) is 4.80. The number of hydrogen-bond donors (Lipinski definition) is 1. The van der Waals surface area contributed by atoms with Crippen molar-refractivity contribution in [1.29, 1.82) is 0 Å². The molecule has 0 spiro atoms. The van der Waals surface area contributed by atoms with E-state index in [1.807, 2.05) is 17.9 Å². The normalized spacial score (nSPS) is 10.8. The standard InChI is InChI=1S/C13H17N3S/c1-16-9-15-13(12(16)7-8-14)10-3-5-11(17-2)6-4-10/h3-6,9H,7-8,14H2,1-2H3. The Labute approximate surface area is 106 Å². The maximum Gasteiger partial charge on any atom is 0.0953 e. The fourth-order valence-electron chi connectivity index (χ4n) is 1.88. The largest absolute Gasteiger partial charge is 0.337 e. The van der Waals surface area contributed by atoms with Gasteiger partial charge in [-0.3, -0.25) is 0 Å². The molecule has 17 heavy (non-hydrogen) atoms. The van der Waals surface area contributed by atoms with E-state index in [2.05, 4.69) is 35.5 Å². The topological polar surface area (TPSA) is 43.8 Å². The average molecular weight is 247 g/mol. The van der Waals surface area contributed by atoms with Crippen molar-refractivity contribution in [3.8, 4) is 11.3 Å². The van der Waals surface area contributed by atoms with E-state index in [9.17, 15) is 0 Å². The molecule has 2 rings (SSSR count). The zero-order chi connectivity index (χ0) is 12.3. The zero-order valence-electron chi connectivity index (χ0n) is 10.2. The lowest BCUT2D eigenvalue weighted by atomic mass is 10.1. The van der Waals surface area contributed by atoms with Crippen LogP contribution in [0.4, 0.5) is 0 Å². The summed E-state index contributed by atoms with van der Waals surface area (Å²) in [6, 6.07) is 8.49. The molecule has 0 radical (unpaired) electrons. The van der Waals surface area contributed by atoms with Gasteiger partial charge in [0.05, 0.1) is 12.0 Å². The monoisotopic (exact) mass is 247 g/mol. The average Bonchev–Trinajstić information content (AvgIpc) is 2.72. The Bertz CT molecular complexity index is 488. The van der Waals surface area contributed by atoms with Crippen molar-refractivity contribution in [2.45, 2.75) is 11.3 Å². The number of hydrogen-bond acceptors (Lipinski definition) is 3. The van der Waals surface area contributed by atoms with E-state index in [1.54, 1.807) is 11.8 Å². The Kier molecular flexibility index (Phi) is 3.86. The predicted octanol–water partition coefficient (Wildman–Crippen LogP) is 2.31. The van der Waals surface area contributed by atoms with Crippen LogP contribution in [0.25, 0.3) is 11.3 Å². The van der Waals surface area contributed by atoms with Gasteiger partial charge in [-0.1, -0.05) is 12.1 Å². The summed E-state index contributed by atoms with van der Waals surface area (Å²) in [6.07, 6.45) is 4.79. The van der Waals surface area contributed by atoms with Crippen molar-refractivity contribution in [2.75, 3.05) is 12.8 Å². The first-order valence-electron chi connectivity index (χ1n) is 5.61. The molecule has 0 bridgehead atoms. The molecule has 0 aliphatic carbocycles. The van der Waals surface area contributed by atoms with Crippen LogP contribution in [0.15, 0.2) is 35.5 Å². The van der Waals surface area contributed by atoms with E-state index < -0.39 is 0 Å². The van der Waals surface area contributed by atoms with E-state index in [4.69, 9.17) is 5.73 Å². The first-order valence-corrected chi connectivity index (χ1v) is 6.83. The van der Waals surface area contributed by atoms with Gasteiger partial charge < -0.3 is 10.3 Å². The van der Waals surface area contributed by atoms with Crippen LogP contribution in [-0.2, 0) is 13.5 Å². The minimum absolute atomic E-state index is 0.648. The Hall–Kier alpha value is -1.26. The van der Waals surface area contributed by atoms with Crippen molar-refractivity contribution in [2.24, 2.45) is 12.8 Å². The van der Waals surface area contributed by atoms with Crippen molar-refractivity contribution in [3.05, 3.63) is 36.3 Å². The van der Waals surface area contributed by atoms with Gasteiger partial charge in [0.15, 0.2) is 0 Å². The second-order valence-electron chi connectivity index (χ2n) is 3.92. The van der Waals surface area contributed by atoms with Crippen LogP contribution in [0.1, 0.15) is 5.69 Å². The van der Waals surface area contributed by atoms with Gasteiger partial charge in [0.25, 0.3) is 0 Å². The number of aryl methyl sites for hydroxylation is 1. The molecule has 1 aromatic carbocycles. The molecule has 0 saturated carbocycles. The van der Waals surface area contributed by atoms with Crippen molar-refractivity contribution in [3.63, 3.8) is 0 Å². The van der Waals surface area contributed by atoms with Gasteiger partial charge in [0, 0.05) is 29.6 Å². The van der Waals surface area contributed by atoms with E-state index in [0.29, 0.717) is 6.54 Å². The molecule has 0 unspecified atom stereocenters. The highest BCUT2D eigenvalue weighted by Gasteiger charge is 2.09. The summed E-state index contributed by atoms with van der Waals surface area (Å²) >= 11 is 1.75. The Balaban J connectivity index is 2.38. The first kappa shape index (κ1) is 12.2. The lowest BCUT2D eigenvalue weighted by molar-refractivity contribution is 0.805. The lowest BCUT2D eigenvalue weighted by Gasteiger charge is -2.05. The summed E-state index contributed by atoms with van der Waals surface area (Å²) in [5.74, 6) is 0. The number of thioether (sulfide) groups is 1. The third kappa shape index (κ3) is 2.53. The molecule has 1 heterocycles. The molecule has 0 aliphatic rings. The molecule has 4 heteroatoms. The van der Waals surface area contributed by atoms with Gasteiger partial charge in [-0.15, -0.1) is 11.8 Å². The van der Waals surface area contributed by atoms with Crippen LogP contribution in [0.3, 0.4) is 0 Å². The predicted molar refractivity (Wildman–Crippen MR) is 73.2 cm³/mol. The molecule has 0 atom stereocenters. The fraction of sp³-hybridized carbons (Fsp3) is 0.308. The van der Waals surface area contributed by atoms with E-state index in [-0.39, 0.29) is 0 Å². The Morgan fingerprint density at radius 3 is 2.59 bits per heavy atom. The third-order valence-electron chi connectivity index (χ3n) is 2.80. The number of imidazole rings is 1. The fourth-order valence-corrected chi connectivity index (χ4v) is 2.29. The molecule has 0 saturated heterocycles. The third-order valence-corrected chi connectivity index (χ3v) is 3.55. The van der Waals surface area contributed by atoms with Crippen molar-refractivity contribution >= 4 is 11.8 Å². The van der Waals surface area contributed by atoms with Gasteiger partial charge in [-0.25, -0.2) is 4.98 Å². The molecule has 3 nitrogen and oxygen atoms in total. The van der Waals surface area contributed by atoms with Gasteiger partial charge in [0.1, 0.15) is 0 Å². The highest BCUT2D eigenvalue weighted by atomic mass is 32.2. The van der Waals surface area contributed by atoms with Crippen LogP contribution in [0.2, 0.25) is 0 Å².